The summed E-state index contributed by atoms with van der Waals surface area (Å²) in [4.78, 5) is 19.0. The number of nitrogens with zero attached hydrogens (tertiary/aromatic N) is 3. The second kappa shape index (κ2) is 7.56. The number of benzene rings is 2. The normalized spacial score (nSPS) is 19.3. The van der Waals surface area contributed by atoms with Gasteiger partial charge in [0.2, 0.25) is 0 Å². The first-order valence-corrected chi connectivity index (χ1v) is 9.48. The molecule has 142 valence electrons. The Labute approximate surface area is 159 Å². The first-order valence-electron chi connectivity index (χ1n) is 9.48. The molecule has 1 unspecified atom stereocenters. The third-order valence-corrected chi connectivity index (χ3v) is 5.52. The van der Waals surface area contributed by atoms with Crippen molar-refractivity contribution in [2.75, 3.05) is 43.0 Å². The van der Waals surface area contributed by atoms with Crippen molar-refractivity contribution >= 4 is 17.4 Å². The number of para-hydroxylation sites is 2. The Morgan fingerprint density at radius 3 is 2.56 bits per heavy atom. The van der Waals surface area contributed by atoms with E-state index in [1.807, 2.05) is 53.2 Å². The number of rotatable bonds is 3. The number of amides is 2. The van der Waals surface area contributed by atoms with E-state index >= 15 is 0 Å². The SMILES string of the molecule is CNC1CCN(C(=O)N2CCN(Cc3ccccc3F)c3ccccc32)C1. The van der Waals surface area contributed by atoms with Crippen molar-refractivity contribution in [2.45, 2.75) is 19.0 Å². The van der Waals surface area contributed by atoms with Crippen LogP contribution in [0.25, 0.3) is 0 Å². The van der Waals surface area contributed by atoms with Crippen molar-refractivity contribution in [3.63, 3.8) is 0 Å². The molecule has 2 aliphatic rings. The number of anilines is 2. The lowest BCUT2D eigenvalue weighted by atomic mass is 10.1. The van der Waals surface area contributed by atoms with Crippen LogP contribution in [0.4, 0.5) is 20.6 Å². The van der Waals surface area contributed by atoms with E-state index in [2.05, 4.69) is 10.2 Å². The van der Waals surface area contributed by atoms with E-state index in [0.717, 1.165) is 30.9 Å². The van der Waals surface area contributed by atoms with Gasteiger partial charge in [-0.25, -0.2) is 9.18 Å². The zero-order valence-corrected chi connectivity index (χ0v) is 15.6. The minimum absolute atomic E-state index is 0.0609. The minimum atomic E-state index is -0.191. The Morgan fingerprint density at radius 1 is 1.07 bits per heavy atom. The summed E-state index contributed by atoms with van der Waals surface area (Å²) in [5.41, 5.74) is 2.55. The molecular formula is C21H25FN4O. The maximum atomic E-state index is 14.1. The van der Waals surface area contributed by atoms with Crippen molar-refractivity contribution in [1.82, 2.24) is 10.2 Å². The van der Waals surface area contributed by atoms with E-state index in [-0.39, 0.29) is 11.8 Å². The number of halogens is 1. The summed E-state index contributed by atoms with van der Waals surface area (Å²) in [6, 6.07) is 15.2. The van der Waals surface area contributed by atoms with Crippen molar-refractivity contribution < 1.29 is 9.18 Å². The summed E-state index contributed by atoms with van der Waals surface area (Å²) in [5, 5.41) is 3.25. The van der Waals surface area contributed by atoms with Crippen LogP contribution in [0.1, 0.15) is 12.0 Å². The fourth-order valence-electron chi connectivity index (χ4n) is 3.96. The van der Waals surface area contributed by atoms with Crippen LogP contribution in [-0.2, 0) is 6.54 Å². The third-order valence-electron chi connectivity index (χ3n) is 5.52. The van der Waals surface area contributed by atoms with Crippen LogP contribution in [0.2, 0.25) is 0 Å². The Balaban J connectivity index is 1.56. The van der Waals surface area contributed by atoms with Crippen LogP contribution in [0.15, 0.2) is 48.5 Å². The average molecular weight is 368 g/mol. The van der Waals surface area contributed by atoms with Gasteiger partial charge in [0.15, 0.2) is 0 Å². The van der Waals surface area contributed by atoms with Crippen LogP contribution >= 0.6 is 0 Å². The van der Waals surface area contributed by atoms with Crippen LogP contribution in [0.3, 0.4) is 0 Å². The van der Waals surface area contributed by atoms with E-state index in [9.17, 15) is 9.18 Å². The zero-order chi connectivity index (χ0) is 18.8. The standard InChI is InChI=1S/C21H25FN4O/c1-23-17-10-11-25(15-17)21(27)26-13-12-24(19-8-4-5-9-20(19)26)14-16-6-2-3-7-18(16)22/h2-9,17,23H,10-15H2,1H3. The summed E-state index contributed by atoms with van der Waals surface area (Å²) in [7, 11) is 1.94. The molecule has 27 heavy (non-hydrogen) atoms. The van der Waals surface area contributed by atoms with Gasteiger partial charge in [-0.15, -0.1) is 0 Å². The Morgan fingerprint density at radius 2 is 1.81 bits per heavy atom. The third kappa shape index (κ3) is 3.49. The van der Waals surface area contributed by atoms with E-state index in [0.29, 0.717) is 31.2 Å². The predicted molar refractivity (Wildman–Crippen MR) is 106 cm³/mol. The predicted octanol–water partition coefficient (Wildman–Crippen LogP) is 3.07. The topological polar surface area (TPSA) is 38.8 Å². The highest BCUT2D eigenvalue weighted by Crippen LogP contribution is 2.35. The van der Waals surface area contributed by atoms with Gasteiger partial charge in [0.25, 0.3) is 0 Å². The molecule has 6 heteroatoms. The Hall–Kier alpha value is -2.60. The first-order chi connectivity index (χ1) is 13.2. The number of fused-ring (bicyclic) bond motifs is 1. The van der Waals surface area contributed by atoms with E-state index in [4.69, 9.17) is 0 Å². The van der Waals surface area contributed by atoms with Gasteiger partial charge in [-0.2, -0.15) is 0 Å². The molecule has 2 aromatic rings. The number of carbonyl (C=O) groups is 1. The van der Waals surface area contributed by atoms with Gasteiger partial charge in [-0.05, 0) is 31.7 Å². The summed E-state index contributed by atoms with van der Waals surface area (Å²) in [6.07, 6.45) is 0.983. The molecule has 2 heterocycles. The Bertz CT molecular complexity index is 827. The van der Waals surface area contributed by atoms with Gasteiger partial charge in [-0.3, -0.25) is 4.90 Å². The summed E-state index contributed by atoms with van der Waals surface area (Å²) >= 11 is 0. The van der Waals surface area contributed by atoms with Gasteiger partial charge >= 0.3 is 6.03 Å². The molecule has 1 N–H and O–H groups in total. The fourth-order valence-corrected chi connectivity index (χ4v) is 3.96. The van der Waals surface area contributed by atoms with Crippen LogP contribution in [0, 0.1) is 5.82 Å². The van der Waals surface area contributed by atoms with Gasteiger partial charge in [0.05, 0.1) is 11.4 Å². The zero-order valence-electron chi connectivity index (χ0n) is 15.6. The quantitative estimate of drug-likeness (QED) is 0.905. The Kier molecular flexibility index (Phi) is 4.99. The molecule has 2 aromatic carbocycles. The lowest BCUT2D eigenvalue weighted by Gasteiger charge is -2.39. The van der Waals surface area contributed by atoms with Gasteiger partial charge in [0.1, 0.15) is 5.82 Å². The second-order valence-electron chi connectivity index (χ2n) is 7.16. The molecule has 0 bridgehead atoms. The molecule has 1 fully saturated rings. The molecule has 4 rings (SSSR count). The average Bonchev–Trinajstić information content (AvgIpc) is 3.19. The maximum Gasteiger partial charge on any atom is 0.324 e. The van der Waals surface area contributed by atoms with Gasteiger partial charge < -0.3 is 15.1 Å². The highest BCUT2D eigenvalue weighted by molar-refractivity contribution is 5.97. The first kappa shape index (κ1) is 17.8. The van der Waals surface area contributed by atoms with Crippen LogP contribution in [-0.4, -0.2) is 50.2 Å². The second-order valence-corrected chi connectivity index (χ2v) is 7.16. The fraction of sp³-hybridized carbons (Fsp3) is 0.381. The number of likely N-dealkylation sites (N-methyl/N-ethyl adjacent to an activating group) is 1. The molecule has 0 aliphatic carbocycles. The van der Waals surface area contributed by atoms with Crippen molar-refractivity contribution in [2.24, 2.45) is 0 Å². The summed E-state index contributed by atoms with van der Waals surface area (Å²) in [6.45, 7) is 3.30. The smallest absolute Gasteiger partial charge is 0.324 e. The molecule has 5 nitrogen and oxygen atoms in total. The lowest BCUT2D eigenvalue weighted by Crippen LogP contribution is -2.49. The van der Waals surface area contributed by atoms with Crippen molar-refractivity contribution in [3.05, 3.63) is 59.9 Å². The maximum absolute atomic E-state index is 14.1. The monoisotopic (exact) mass is 368 g/mol. The number of hydrogen-bond acceptors (Lipinski definition) is 3. The summed E-state index contributed by atoms with van der Waals surface area (Å²) in [5.74, 6) is -0.191. The molecule has 0 saturated carbocycles. The minimum Gasteiger partial charge on any atom is -0.364 e. The van der Waals surface area contributed by atoms with E-state index < -0.39 is 0 Å². The number of carbonyl (C=O) groups excluding carboxylic acids is 1. The summed E-state index contributed by atoms with van der Waals surface area (Å²) < 4.78 is 14.1. The van der Waals surface area contributed by atoms with Gasteiger partial charge in [0, 0.05) is 44.3 Å². The molecule has 2 aliphatic heterocycles. The molecule has 1 saturated heterocycles. The molecule has 0 aromatic heterocycles. The van der Waals surface area contributed by atoms with Crippen molar-refractivity contribution in [1.29, 1.82) is 0 Å². The van der Waals surface area contributed by atoms with E-state index in [1.54, 1.807) is 6.07 Å². The number of urea groups is 1. The molecule has 2 amide bonds. The number of nitrogens with one attached hydrogen (secondary N) is 1. The molecular weight excluding hydrogens is 343 g/mol. The van der Waals surface area contributed by atoms with E-state index in [1.165, 1.54) is 6.07 Å². The van der Waals surface area contributed by atoms with Gasteiger partial charge in [-0.1, -0.05) is 30.3 Å². The van der Waals surface area contributed by atoms with Crippen LogP contribution in [0.5, 0.6) is 0 Å². The van der Waals surface area contributed by atoms with Crippen LogP contribution < -0.4 is 15.1 Å². The largest absolute Gasteiger partial charge is 0.364 e. The lowest BCUT2D eigenvalue weighted by molar-refractivity contribution is 0.214. The van der Waals surface area contributed by atoms with Crippen molar-refractivity contribution in [3.8, 4) is 0 Å². The molecule has 0 spiro atoms. The number of hydrogen-bond donors (Lipinski definition) is 1. The number of likely N-dealkylation sites (tertiary alicyclic amines) is 1. The highest BCUT2D eigenvalue weighted by atomic mass is 19.1. The highest BCUT2D eigenvalue weighted by Gasteiger charge is 2.33. The molecule has 0 radical (unpaired) electrons. The molecule has 1 atom stereocenters.